The number of esters is 1. The smallest absolute Gasteiger partial charge is 0.306 e. The van der Waals surface area contributed by atoms with E-state index in [-0.39, 0.29) is 25.8 Å². The number of likely N-dealkylation sites (N-methyl/N-ethyl adjacent to an activating group) is 1. The van der Waals surface area contributed by atoms with Crippen LogP contribution in [0, 0.1) is 0 Å². The van der Waals surface area contributed by atoms with Crippen LogP contribution < -0.4 is 4.89 Å². The number of carbonyl (C=O) groups is 1. The van der Waals surface area contributed by atoms with Gasteiger partial charge < -0.3 is 27.9 Å². The molecule has 2 atom stereocenters. The molecule has 0 radical (unpaired) electrons. The molecule has 0 bridgehead atoms. The molecule has 8 nitrogen and oxygen atoms in total. The molecule has 0 saturated heterocycles. The lowest BCUT2D eigenvalue weighted by atomic mass is 10.0. The Balaban J connectivity index is 4.10. The zero-order valence-electron chi connectivity index (χ0n) is 30.3. The monoisotopic (exact) mass is 664 g/mol. The Kier molecular flexibility index (Phi) is 30.5. The summed E-state index contributed by atoms with van der Waals surface area (Å²) in [5.41, 5.74) is 0. The van der Waals surface area contributed by atoms with E-state index in [0.717, 1.165) is 32.1 Å². The second kappa shape index (κ2) is 30.8. The standard InChI is InChI=1S/C36H74NO7P/c1-6-8-10-12-14-15-16-17-18-19-20-21-22-23-24-26-28-31-41-33-35(44-36(38)29-27-25-13-11-9-7-2)34-43-45(39,40)42-32-30-37(3,4)5/h35H,6-34H2,1-5H3. The third-order valence-corrected chi connectivity index (χ3v) is 9.12. The number of quaternary nitrogens is 1. The van der Waals surface area contributed by atoms with E-state index < -0.39 is 13.9 Å². The highest BCUT2D eigenvalue weighted by Gasteiger charge is 2.20. The van der Waals surface area contributed by atoms with Gasteiger partial charge in [-0.1, -0.05) is 149 Å². The molecule has 0 aliphatic rings. The predicted octanol–water partition coefficient (Wildman–Crippen LogP) is 9.52. The molecule has 9 heteroatoms. The van der Waals surface area contributed by atoms with Crippen molar-refractivity contribution < 1.29 is 37.3 Å². The maximum Gasteiger partial charge on any atom is 0.306 e. The van der Waals surface area contributed by atoms with Gasteiger partial charge in [-0.25, -0.2) is 0 Å². The third-order valence-electron chi connectivity index (χ3n) is 8.16. The number of carbonyl (C=O) groups excluding carboxylic acids is 1. The minimum atomic E-state index is -4.50. The first kappa shape index (κ1) is 44.5. The maximum atomic E-state index is 12.4. The Bertz CT molecular complexity index is 701. The second-order valence-electron chi connectivity index (χ2n) is 14.0. The highest BCUT2D eigenvalue weighted by molar-refractivity contribution is 7.45. The van der Waals surface area contributed by atoms with Crippen LogP contribution in [0.5, 0.6) is 0 Å². The van der Waals surface area contributed by atoms with Gasteiger partial charge in [-0.3, -0.25) is 9.36 Å². The zero-order chi connectivity index (χ0) is 33.5. The Morgan fingerprint density at radius 1 is 0.600 bits per heavy atom. The Morgan fingerprint density at radius 3 is 1.47 bits per heavy atom. The minimum absolute atomic E-state index is 0.0303. The molecule has 0 aliphatic heterocycles. The van der Waals surface area contributed by atoms with E-state index in [4.69, 9.17) is 18.5 Å². The summed E-state index contributed by atoms with van der Waals surface area (Å²) >= 11 is 0. The molecule has 0 aliphatic carbocycles. The SMILES string of the molecule is CCCCCCCCCCCCCCCCCCCOCC(COP(=O)([O-])OCC[N+](C)(C)C)OC(=O)CCCCCCCC. The van der Waals surface area contributed by atoms with Gasteiger partial charge in [0.1, 0.15) is 19.3 Å². The van der Waals surface area contributed by atoms with Crippen LogP contribution in [-0.4, -0.2) is 70.7 Å². The van der Waals surface area contributed by atoms with Gasteiger partial charge in [0.2, 0.25) is 0 Å². The number of phosphoric acid groups is 1. The molecule has 0 saturated carbocycles. The van der Waals surface area contributed by atoms with Crippen molar-refractivity contribution in [2.24, 2.45) is 0 Å². The summed E-state index contributed by atoms with van der Waals surface area (Å²) < 4.78 is 34.3. The third kappa shape index (κ3) is 34.6. The molecule has 0 N–H and O–H groups in total. The summed E-state index contributed by atoms with van der Waals surface area (Å²) in [6, 6.07) is 0. The average Bonchev–Trinajstić information content (AvgIpc) is 2.98. The predicted molar refractivity (Wildman–Crippen MR) is 185 cm³/mol. The second-order valence-corrected chi connectivity index (χ2v) is 15.4. The molecule has 2 unspecified atom stereocenters. The highest BCUT2D eigenvalue weighted by Crippen LogP contribution is 2.38. The average molecular weight is 664 g/mol. The molecule has 0 aromatic carbocycles. The van der Waals surface area contributed by atoms with Crippen molar-refractivity contribution in [1.29, 1.82) is 0 Å². The summed E-state index contributed by atoms with van der Waals surface area (Å²) in [5.74, 6) is -0.341. The van der Waals surface area contributed by atoms with Crippen LogP contribution in [0.25, 0.3) is 0 Å². The summed E-state index contributed by atoms with van der Waals surface area (Å²) in [6.07, 6.45) is 28.5. The first-order valence-corrected chi connectivity index (χ1v) is 20.2. The summed E-state index contributed by atoms with van der Waals surface area (Å²) in [4.78, 5) is 24.7. The normalized spacial score (nSPS) is 14.0. The van der Waals surface area contributed by atoms with Crippen molar-refractivity contribution in [2.75, 3.05) is 54.1 Å². The van der Waals surface area contributed by atoms with Crippen LogP contribution in [0.4, 0.5) is 0 Å². The fourth-order valence-corrected chi connectivity index (χ4v) is 5.92. The molecule has 0 heterocycles. The van der Waals surface area contributed by atoms with Gasteiger partial charge in [0.05, 0.1) is 34.4 Å². The number of phosphoric ester groups is 1. The number of ether oxygens (including phenoxy) is 2. The Hall–Kier alpha value is -0.500. The van der Waals surface area contributed by atoms with Gasteiger partial charge in [0.25, 0.3) is 7.82 Å². The van der Waals surface area contributed by atoms with Crippen molar-refractivity contribution >= 4 is 13.8 Å². The van der Waals surface area contributed by atoms with Crippen molar-refractivity contribution in [1.82, 2.24) is 0 Å². The summed E-state index contributed by atoms with van der Waals surface area (Å²) in [5, 5.41) is 0. The van der Waals surface area contributed by atoms with Gasteiger partial charge in [-0.15, -0.1) is 0 Å². The zero-order valence-corrected chi connectivity index (χ0v) is 31.2. The number of hydrogen-bond donors (Lipinski definition) is 0. The van der Waals surface area contributed by atoms with Gasteiger partial charge >= 0.3 is 5.97 Å². The lowest BCUT2D eigenvalue weighted by molar-refractivity contribution is -0.870. The van der Waals surface area contributed by atoms with E-state index in [0.29, 0.717) is 24.1 Å². The molecule has 0 rings (SSSR count). The minimum Gasteiger partial charge on any atom is -0.756 e. The van der Waals surface area contributed by atoms with Crippen LogP contribution in [0.3, 0.4) is 0 Å². The summed E-state index contributed by atoms with van der Waals surface area (Å²) in [6.45, 7) is 5.37. The van der Waals surface area contributed by atoms with Crippen LogP contribution in [-0.2, 0) is 27.9 Å². The quantitative estimate of drug-likeness (QED) is 0.0288. The van der Waals surface area contributed by atoms with E-state index >= 15 is 0 Å². The molecule has 0 amide bonds. The lowest BCUT2D eigenvalue weighted by Crippen LogP contribution is -2.37. The van der Waals surface area contributed by atoms with Gasteiger partial charge in [-0.2, -0.15) is 0 Å². The van der Waals surface area contributed by atoms with Crippen molar-refractivity contribution in [3.63, 3.8) is 0 Å². The van der Waals surface area contributed by atoms with Gasteiger partial charge in [0.15, 0.2) is 0 Å². The largest absolute Gasteiger partial charge is 0.756 e. The fraction of sp³-hybridized carbons (Fsp3) is 0.972. The van der Waals surface area contributed by atoms with E-state index in [1.807, 2.05) is 21.1 Å². The lowest BCUT2D eigenvalue weighted by Gasteiger charge is -2.28. The van der Waals surface area contributed by atoms with Gasteiger partial charge in [0, 0.05) is 13.0 Å². The molecule has 0 aromatic rings. The van der Waals surface area contributed by atoms with Crippen LogP contribution >= 0.6 is 7.82 Å². The van der Waals surface area contributed by atoms with E-state index in [1.54, 1.807) is 0 Å². The van der Waals surface area contributed by atoms with E-state index in [2.05, 4.69) is 13.8 Å². The highest BCUT2D eigenvalue weighted by atomic mass is 31.2. The van der Waals surface area contributed by atoms with Crippen molar-refractivity contribution in [3.8, 4) is 0 Å². The van der Waals surface area contributed by atoms with Crippen LogP contribution in [0.2, 0.25) is 0 Å². The topological polar surface area (TPSA) is 94.1 Å². The molecular weight excluding hydrogens is 589 g/mol. The number of rotatable bonds is 35. The van der Waals surface area contributed by atoms with Crippen LogP contribution in [0.15, 0.2) is 0 Å². The Labute approximate surface area is 278 Å². The molecule has 270 valence electrons. The van der Waals surface area contributed by atoms with Gasteiger partial charge in [-0.05, 0) is 12.8 Å². The summed E-state index contributed by atoms with van der Waals surface area (Å²) in [7, 11) is 1.37. The fourth-order valence-electron chi connectivity index (χ4n) is 5.19. The van der Waals surface area contributed by atoms with Crippen LogP contribution in [0.1, 0.15) is 168 Å². The first-order valence-electron chi connectivity index (χ1n) is 18.8. The maximum absolute atomic E-state index is 12.4. The molecule has 0 aromatic heterocycles. The Morgan fingerprint density at radius 2 is 1.02 bits per heavy atom. The molecular formula is C36H74NO7P. The first-order chi connectivity index (χ1) is 21.6. The van der Waals surface area contributed by atoms with Crippen molar-refractivity contribution in [2.45, 2.75) is 174 Å². The molecule has 0 spiro atoms. The van der Waals surface area contributed by atoms with Crippen molar-refractivity contribution in [3.05, 3.63) is 0 Å². The number of hydrogen-bond acceptors (Lipinski definition) is 7. The molecule has 45 heavy (non-hydrogen) atoms. The van der Waals surface area contributed by atoms with E-state index in [9.17, 15) is 14.3 Å². The van der Waals surface area contributed by atoms with E-state index in [1.165, 1.54) is 116 Å². The number of nitrogens with zero attached hydrogens (tertiary/aromatic N) is 1. The molecule has 0 fully saturated rings. The number of unbranched alkanes of at least 4 members (excludes halogenated alkanes) is 21.